The summed E-state index contributed by atoms with van der Waals surface area (Å²) >= 11 is 0. The van der Waals surface area contributed by atoms with Crippen LogP contribution >= 0.6 is 8.58 Å². The van der Waals surface area contributed by atoms with E-state index < -0.39 is 0 Å². The van der Waals surface area contributed by atoms with Gasteiger partial charge in [0.2, 0.25) is 0 Å². The molecule has 0 aliphatic heterocycles. The molecular formula is C36H42NOP. The smallest absolute Gasteiger partial charge is 0.126 e. The first kappa shape index (κ1) is 28.8. The van der Waals surface area contributed by atoms with Crippen molar-refractivity contribution < 1.29 is 4.74 Å². The Morgan fingerprint density at radius 1 is 0.821 bits per heavy atom. The number of aryl methyl sites for hydroxylation is 3. The standard InChI is InChI=1S/C36H42NOP/c1-7-22-36(8-2,33-24-26(3)23-28(5)34(33)38-25-30-17-11-9-12-18-30)39-35-27(4)16-15-21-32(35)29(6)37-31-19-13-10-14-20-31/h9-21,23-24,39H,7-8,22,25H2,1-6H3. The summed E-state index contributed by atoms with van der Waals surface area (Å²) in [5, 5.41) is 1.39. The normalized spacial score (nSPS) is 13.5. The van der Waals surface area contributed by atoms with Gasteiger partial charge in [-0.05, 0) is 74.7 Å². The van der Waals surface area contributed by atoms with Gasteiger partial charge in [-0.15, -0.1) is 0 Å². The third-order valence-electron chi connectivity index (χ3n) is 7.52. The van der Waals surface area contributed by atoms with Crippen molar-refractivity contribution >= 4 is 25.3 Å². The fraction of sp³-hybridized carbons (Fsp3) is 0.306. The largest absolute Gasteiger partial charge is 0.488 e. The molecule has 3 heteroatoms. The Morgan fingerprint density at radius 3 is 2.18 bits per heavy atom. The zero-order valence-corrected chi connectivity index (χ0v) is 25.3. The van der Waals surface area contributed by atoms with Gasteiger partial charge in [0, 0.05) is 22.0 Å². The molecule has 202 valence electrons. The maximum absolute atomic E-state index is 6.67. The Morgan fingerprint density at radius 2 is 1.51 bits per heavy atom. The molecule has 0 N–H and O–H groups in total. The van der Waals surface area contributed by atoms with E-state index in [-0.39, 0.29) is 5.16 Å². The second kappa shape index (κ2) is 13.2. The van der Waals surface area contributed by atoms with Crippen LogP contribution in [0.2, 0.25) is 0 Å². The lowest BCUT2D eigenvalue weighted by molar-refractivity contribution is 0.295. The van der Waals surface area contributed by atoms with Crippen LogP contribution in [0.4, 0.5) is 5.69 Å². The van der Waals surface area contributed by atoms with Crippen molar-refractivity contribution in [1.82, 2.24) is 0 Å². The van der Waals surface area contributed by atoms with Crippen LogP contribution in [0.5, 0.6) is 5.75 Å². The number of hydrogen-bond donors (Lipinski definition) is 0. The summed E-state index contributed by atoms with van der Waals surface area (Å²) in [6.45, 7) is 14.0. The van der Waals surface area contributed by atoms with E-state index in [1.165, 1.54) is 38.7 Å². The second-order valence-electron chi connectivity index (χ2n) is 10.6. The van der Waals surface area contributed by atoms with Crippen LogP contribution in [0, 0.1) is 20.8 Å². The highest BCUT2D eigenvalue weighted by Crippen LogP contribution is 2.52. The van der Waals surface area contributed by atoms with Crippen LogP contribution < -0.4 is 10.0 Å². The van der Waals surface area contributed by atoms with E-state index in [9.17, 15) is 0 Å². The maximum atomic E-state index is 6.67. The van der Waals surface area contributed by atoms with Crippen LogP contribution in [0.25, 0.3) is 0 Å². The minimum Gasteiger partial charge on any atom is -0.488 e. The lowest BCUT2D eigenvalue weighted by atomic mass is 9.87. The van der Waals surface area contributed by atoms with Gasteiger partial charge in [-0.1, -0.05) is 113 Å². The van der Waals surface area contributed by atoms with E-state index in [1.54, 1.807) is 0 Å². The number of benzene rings is 4. The van der Waals surface area contributed by atoms with Crippen molar-refractivity contribution in [3.63, 3.8) is 0 Å². The number of aliphatic imine (C=N–C) groups is 1. The molecule has 2 unspecified atom stereocenters. The molecule has 4 aromatic rings. The highest BCUT2D eigenvalue weighted by molar-refractivity contribution is 7.49. The minimum absolute atomic E-state index is 0.0224. The third kappa shape index (κ3) is 6.87. The zero-order valence-electron chi connectivity index (χ0n) is 24.3. The Labute approximate surface area is 237 Å². The Kier molecular flexibility index (Phi) is 9.76. The molecule has 0 bridgehead atoms. The molecular weight excluding hydrogens is 493 g/mol. The Bertz CT molecular complexity index is 1410. The Balaban J connectivity index is 1.81. The summed E-state index contributed by atoms with van der Waals surface area (Å²) < 4.78 is 6.67. The van der Waals surface area contributed by atoms with Gasteiger partial charge in [0.05, 0.1) is 5.69 Å². The third-order valence-corrected chi connectivity index (χ3v) is 9.79. The van der Waals surface area contributed by atoms with Crippen LogP contribution in [-0.2, 0) is 11.8 Å². The van der Waals surface area contributed by atoms with Crippen molar-refractivity contribution in [2.75, 3.05) is 0 Å². The topological polar surface area (TPSA) is 21.6 Å². The first-order valence-corrected chi connectivity index (χ1v) is 15.1. The van der Waals surface area contributed by atoms with Crippen molar-refractivity contribution in [2.45, 2.75) is 72.6 Å². The molecule has 0 saturated carbocycles. The number of rotatable bonds is 11. The SMILES string of the molecule is CCCC(CC)(Pc1c(C)cccc1C(C)=Nc1ccccc1)c1cc(C)cc(C)c1OCc1ccccc1. The van der Waals surface area contributed by atoms with E-state index in [1.807, 2.05) is 18.2 Å². The van der Waals surface area contributed by atoms with Gasteiger partial charge in [-0.2, -0.15) is 0 Å². The van der Waals surface area contributed by atoms with E-state index >= 15 is 0 Å². The fourth-order valence-electron chi connectivity index (χ4n) is 5.51. The molecule has 0 heterocycles. The number of nitrogens with zero attached hydrogens (tertiary/aromatic N) is 1. The van der Waals surface area contributed by atoms with E-state index in [4.69, 9.17) is 9.73 Å². The molecule has 0 amide bonds. The van der Waals surface area contributed by atoms with Gasteiger partial charge in [0.25, 0.3) is 0 Å². The van der Waals surface area contributed by atoms with Crippen LogP contribution in [0.1, 0.15) is 73.4 Å². The molecule has 2 atom stereocenters. The average Bonchev–Trinajstić information content (AvgIpc) is 2.94. The first-order valence-electron chi connectivity index (χ1n) is 14.1. The molecule has 0 spiro atoms. The number of hydrogen-bond acceptors (Lipinski definition) is 2. The zero-order chi connectivity index (χ0) is 27.8. The lowest BCUT2D eigenvalue weighted by Gasteiger charge is -2.37. The van der Waals surface area contributed by atoms with Gasteiger partial charge in [-0.25, -0.2) is 0 Å². The van der Waals surface area contributed by atoms with E-state index in [2.05, 4.69) is 114 Å². The van der Waals surface area contributed by atoms with Crippen LogP contribution in [0.3, 0.4) is 0 Å². The molecule has 0 radical (unpaired) electrons. The molecule has 0 saturated heterocycles. The summed E-state index contributed by atoms with van der Waals surface area (Å²) in [4.78, 5) is 5.01. The Hall–Kier alpha value is -3.22. The summed E-state index contributed by atoms with van der Waals surface area (Å²) in [5.41, 5.74) is 9.69. The number of ether oxygens (including phenoxy) is 1. The summed E-state index contributed by atoms with van der Waals surface area (Å²) in [6.07, 6.45) is 3.27. The molecule has 0 aromatic heterocycles. The van der Waals surface area contributed by atoms with Crippen molar-refractivity contribution in [1.29, 1.82) is 0 Å². The molecule has 4 aromatic carbocycles. The second-order valence-corrected chi connectivity index (χ2v) is 12.3. The monoisotopic (exact) mass is 535 g/mol. The van der Waals surface area contributed by atoms with E-state index in [0.29, 0.717) is 15.2 Å². The van der Waals surface area contributed by atoms with Crippen molar-refractivity contribution in [3.05, 3.63) is 124 Å². The fourth-order valence-corrected chi connectivity index (χ4v) is 7.54. The summed E-state index contributed by atoms with van der Waals surface area (Å²) in [5.74, 6) is 1.05. The summed E-state index contributed by atoms with van der Waals surface area (Å²) in [6, 6.07) is 32.1. The predicted molar refractivity (Wildman–Crippen MR) is 171 cm³/mol. The van der Waals surface area contributed by atoms with Crippen LogP contribution in [0.15, 0.2) is 96.0 Å². The van der Waals surface area contributed by atoms with Gasteiger partial charge in [0.15, 0.2) is 0 Å². The highest BCUT2D eigenvalue weighted by Gasteiger charge is 2.35. The van der Waals surface area contributed by atoms with Gasteiger partial charge in [0.1, 0.15) is 12.4 Å². The summed E-state index contributed by atoms with van der Waals surface area (Å²) in [7, 11) is 0.601. The molecule has 39 heavy (non-hydrogen) atoms. The predicted octanol–water partition coefficient (Wildman–Crippen LogP) is 9.74. The number of para-hydroxylation sites is 1. The van der Waals surface area contributed by atoms with Gasteiger partial charge >= 0.3 is 0 Å². The van der Waals surface area contributed by atoms with Crippen LogP contribution in [-0.4, -0.2) is 5.71 Å². The molecule has 0 fully saturated rings. The minimum atomic E-state index is -0.0224. The van der Waals surface area contributed by atoms with E-state index in [0.717, 1.165) is 36.4 Å². The molecule has 0 aliphatic carbocycles. The molecule has 2 nitrogen and oxygen atoms in total. The first-order chi connectivity index (χ1) is 18.9. The van der Waals surface area contributed by atoms with Gasteiger partial charge in [-0.3, -0.25) is 4.99 Å². The van der Waals surface area contributed by atoms with Crippen molar-refractivity contribution in [3.8, 4) is 5.75 Å². The maximum Gasteiger partial charge on any atom is 0.126 e. The average molecular weight is 536 g/mol. The molecule has 0 aliphatic rings. The van der Waals surface area contributed by atoms with Gasteiger partial charge < -0.3 is 4.74 Å². The molecule has 4 rings (SSSR count). The quantitative estimate of drug-likeness (QED) is 0.138. The van der Waals surface area contributed by atoms with Crippen molar-refractivity contribution in [2.24, 2.45) is 4.99 Å². The lowest BCUT2D eigenvalue weighted by Crippen LogP contribution is -2.27. The highest BCUT2D eigenvalue weighted by atomic mass is 31.1.